The monoisotopic (exact) mass is 610 g/mol. The van der Waals surface area contributed by atoms with E-state index in [9.17, 15) is 55.5 Å². The number of carbonyl (C=O) groups is 1. The van der Waals surface area contributed by atoms with Crippen LogP contribution in [0.5, 0.6) is 34.5 Å². The van der Waals surface area contributed by atoms with Crippen molar-refractivity contribution >= 4 is 23.0 Å². The third kappa shape index (κ3) is 5.69. The fourth-order valence-corrected chi connectivity index (χ4v) is 4.75. The van der Waals surface area contributed by atoms with Gasteiger partial charge in [-0.05, 0) is 42.0 Å². The summed E-state index contributed by atoms with van der Waals surface area (Å²) in [5.41, 5.74) is -1.05. The van der Waals surface area contributed by atoms with Crippen LogP contribution in [0, 0.1) is 0 Å². The van der Waals surface area contributed by atoms with E-state index in [1.807, 2.05) is 0 Å². The van der Waals surface area contributed by atoms with Crippen molar-refractivity contribution in [2.45, 2.75) is 30.5 Å². The van der Waals surface area contributed by atoms with Gasteiger partial charge in [-0.25, -0.2) is 4.79 Å². The van der Waals surface area contributed by atoms with Crippen LogP contribution in [0.4, 0.5) is 0 Å². The number of aromatic hydroxyl groups is 6. The Morgan fingerprint density at radius 1 is 0.795 bits per heavy atom. The fraction of sp³-hybridized carbons (Fsp3) is 0.200. The Hall–Kier alpha value is -5.28. The zero-order valence-electron chi connectivity index (χ0n) is 22.4. The first-order valence-corrected chi connectivity index (χ1v) is 13.0. The minimum absolute atomic E-state index is 0.0741. The van der Waals surface area contributed by atoms with Gasteiger partial charge in [-0.2, -0.15) is 0 Å². The third-order valence-corrected chi connectivity index (χ3v) is 7.07. The first-order chi connectivity index (χ1) is 20.8. The van der Waals surface area contributed by atoms with Crippen LogP contribution < -0.4 is 5.43 Å². The zero-order valence-corrected chi connectivity index (χ0v) is 22.4. The van der Waals surface area contributed by atoms with E-state index in [0.29, 0.717) is 5.56 Å². The second kappa shape index (κ2) is 11.8. The second-order valence-electron chi connectivity index (χ2n) is 9.99. The summed E-state index contributed by atoms with van der Waals surface area (Å²) < 4.78 is 16.4. The highest BCUT2D eigenvalue weighted by Crippen LogP contribution is 2.45. The lowest BCUT2D eigenvalue weighted by molar-refractivity contribution is -0.234. The highest BCUT2D eigenvalue weighted by atomic mass is 16.6. The molecule has 1 aliphatic heterocycles. The Balaban J connectivity index is 1.40. The quantitative estimate of drug-likeness (QED) is 0.0852. The van der Waals surface area contributed by atoms with Crippen molar-refractivity contribution in [1.82, 2.24) is 0 Å². The molecule has 0 spiro atoms. The predicted molar refractivity (Wildman–Crippen MR) is 150 cm³/mol. The third-order valence-electron chi connectivity index (χ3n) is 7.07. The number of rotatable bonds is 6. The SMILES string of the molecule is O=C(/C=C/c1ccc(O)c(O)c1)OCC1OC(c2c(O)cc3oc(-c4ccc(O)c(O)c4)cc(=O)c3c2O)C(O)C(O)C1O. The molecule has 5 rings (SSSR count). The summed E-state index contributed by atoms with van der Waals surface area (Å²) in [7, 11) is 0. The van der Waals surface area contributed by atoms with Crippen LogP contribution in [0.1, 0.15) is 17.2 Å². The van der Waals surface area contributed by atoms with Crippen LogP contribution in [-0.2, 0) is 14.3 Å². The van der Waals surface area contributed by atoms with E-state index in [0.717, 1.165) is 24.3 Å². The Morgan fingerprint density at radius 2 is 1.48 bits per heavy atom. The van der Waals surface area contributed by atoms with Gasteiger partial charge >= 0.3 is 5.97 Å². The molecule has 0 amide bonds. The van der Waals surface area contributed by atoms with Gasteiger partial charge in [-0.3, -0.25) is 4.79 Å². The van der Waals surface area contributed by atoms with Gasteiger partial charge in [0.05, 0.1) is 5.56 Å². The normalized spacial score (nSPS) is 21.9. The Bertz CT molecular complexity index is 1830. The molecule has 14 nitrogen and oxygen atoms in total. The molecule has 0 bridgehead atoms. The molecule has 2 heterocycles. The molecule has 1 aliphatic rings. The lowest BCUT2D eigenvalue weighted by atomic mass is 9.89. The van der Waals surface area contributed by atoms with Crippen LogP contribution in [0.25, 0.3) is 28.4 Å². The number of benzene rings is 3. The minimum atomic E-state index is -1.92. The van der Waals surface area contributed by atoms with E-state index in [2.05, 4.69) is 0 Å². The lowest BCUT2D eigenvalue weighted by Crippen LogP contribution is -2.55. The van der Waals surface area contributed by atoms with Gasteiger partial charge in [-0.15, -0.1) is 0 Å². The van der Waals surface area contributed by atoms with Gasteiger partial charge in [0.15, 0.2) is 28.4 Å². The molecular weight excluding hydrogens is 584 g/mol. The Labute approximate surface area is 246 Å². The average Bonchev–Trinajstić information content (AvgIpc) is 2.98. The van der Waals surface area contributed by atoms with Crippen molar-refractivity contribution < 1.29 is 64.6 Å². The van der Waals surface area contributed by atoms with Crippen molar-refractivity contribution in [1.29, 1.82) is 0 Å². The van der Waals surface area contributed by atoms with Crippen molar-refractivity contribution in [2.24, 2.45) is 0 Å². The molecule has 5 unspecified atom stereocenters. The number of aliphatic hydroxyl groups excluding tert-OH is 3. The molecule has 3 aromatic carbocycles. The molecule has 5 atom stereocenters. The largest absolute Gasteiger partial charge is 0.507 e. The summed E-state index contributed by atoms with van der Waals surface area (Å²) in [5.74, 6) is -4.21. The van der Waals surface area contributed by atoms with Gasteiger partial charge in [0, 0.05) is 23.8 Å². The lowest BCUT2D eigenvalue weighted by Gasteiger charge is -2.40. The van der Waals surface area contributed by atoms with Crippen LogP contribution in [0.2, 0.25) is 0 Å². The maximum Gasteiger partial charge on any atom is 0.330 e. The Kier molecular flexibility index (Phi) is 8.08. The number of hydrogen-bond donors (Lipinski definition) is 9. The Morgan fingerprint density at radius 3 is 2.16 bits per heavy atom. The summed E-state index contributed by atoms with van der Waals surface area (Å²) in [6.45, 7) is -0.647. The number of hydrogen-bond acceptors (Lipinski definition) is 14. The fourth-order valence-electron chi connectivity index (χ4n) is 4.75. The molecule has 0 aliphatic carbocycles. The van der Waals surface area contributed by atoms with Gasteiger partial charge in [-0.1, -0.05) is 6.07 Å². The van der Waals surface area contributed by atoms with E-state index >= 15 is 0 Å². The summed E-state index contributed by atoms with van der Waals surface area (Å²) >= 11 is 0. The standard InChI is InChI=1S/C30H26O14/c31-14-4-1-12(7-16(14)33)2-6-23(37)42-11-22-26(38)28(40)29(41)30(44-22)25-19(36)10-21-24(27(25)39)18(35)9-20(43-21)13-3-5-15(32)17(34)8-13/h1-10,22,26,28-34,36,38-41H,11H2/b6-2+. The summed E-state index contributed by atoms with van der Waals surface area (Å²) in [6.07, 6.45) is -6.52. The van der Waals surface area contributed by atoms with Crippen LogP contribution in [0.3, 0.4) is 0 Å². The highest BCUT2D eigenvalue weighted by molar-refractivity contribution is 5.88. The molecule has 1 saturated heterocycles. The highest BCUT2D eigenvalue weighted by Gasteiger charge is 2.46. The summed E-state index contributed by atoms with van der Waals surface area (Å²) in [6, 6.07) is 9.42. The molecule has 0 radical (unpaired) electrons. The first-order valence-electron chi connectivity index (χ1n) is 13.0. The molecule has 44 heavy (non-hydrogen) atoms. The number of ether oxygens (including phenoxy) is 2. The van der Waals surface area contributed by atoms with Crippen LogP contribution in [0.15, 0.2) is 63.8 Å². The van der Waals surface area contributed by atoms with E-state index in [4.69, 9.17) is 13.9 Å². The smallest absolute Gasteiger partial charge is 0.330 e. The van der Waals surface area contributed by atoms with Crippen molar-refractivity contribution in [3.8, 4) is 45.8 Å². The van der Waals surface area contributed by atoms with Gasteiger partial charge in [0.25, 0.3) is 0 Å². The molecule has 230 valence electrons. The number of fused-ring (bicyclic) bond motifs is 1. The maximum atomic E-state index is 13.0. The minimum Gasteiger partial charge on any atom is -0.507 e. The number of phenolic OH excluding ortho intramolecular Hbond substituents is 6. The molecular formula is C30H26O14. The van der Waals surface area contributed by atoms with Crippen molar-refractivity contribution in [3.05, 3.63) is 76.0 Å². The molecule has 14 heteroatoms. The van der Waals surface area contributed by atoms with E-state index < -0.39 is 88.2 Å². The number of phenols is 6. The summed E-state index contributed by atoms with van der Waals surface area (Å²) in [5, 5.41) is 91.3. The molecule has 0 saturated carbocycles. The van der Waals surface area contributed by atoms with E-state index in [1.54, 1.807) is 0 Å². The van der Waals surface area contributed by atoms with E-state index in [1.165, 1.54) is 36.4 Å². The molecule has 1 aromatic heterocycles. The van der Waals surface area contributed by atoms with Crippen molar-refractivity contribution in [3.63, 3.8) is 0 Å². The first kappa shape index (κ1) is 30.2. The molecule has 4 aromatic rings. The van der Waals surface area contributed by atoms with Gasteiger partial charge < -0.3 is 59.8 Å². The number of carbonyl (C=O) groups excluding carboxylic acids is 1. The van der Waals surface area contributed by atoms with Crippen LogP contribution in [-0.4, -0.2) is 83.0 Å². The average molecular weight is 611 g/mol. The topological polar surface area (TPSA) is 248 Å². The van der Waals surface area contributed by atoms with Crippen LogP contribution >= 0.6 is 0 Å². The summed E-state index contributed by atoms with van der Waals surface area (Å²) in [4.78, 5) is 25.3. The number of aliphatic hydroxyl groups is 3. The molecule has 9 N–H and O–H groups in total. The maximum absolute atomic E-state index is 13.0. The van der Waals surface area contributed by atoms with E-state index in [-0.39, 0.29) is 22.7 Å². The van der Waals surface area contributed by atoms with Gasteiger partial charge in [0.2, 0.25) is 0 Å². The number of esters is 1. The predicted octanol–water partition coefficient (Wildman–Crippen LogP) is 1.47. The van der Waals surface area contributed by atoms with Gasteiger partial charge in [0.1, 0.15) is 65.4 Å². The van der Waals surface area contributed by atoms with Crippen molar-refractivity contribution in [2.75, 3.05) is 6.61 Å². The zero-order chi connectivity index (χ0) is 31.9. The molecule has 1 fully saturated rings. The second-order valence-corrected chi connectivity index (χ2v) is 9.99.